The SMILES string of the molecule is CCCNC(=O)CCNC(=O)c1cc2cc(N)ccc2o1. The van der Waals surface area contributed by atoms with Crippen LogP contribution in [0.15, 0.2) is 28.7 Å². The molecule has 1 heterocycles. The largest absolute Gasteiger partial charge is 0.451 e. The molecule has 112 valence electrons. The van der Waals surface area contributed by atoms with Gasteiger partial charge in [-0.3, -0.25) is 9.59 Å². The molecular weight excluding hydrogens is 270 g/mol. The van der Waals surface area contributed by atoms with Crippen molar-refractivity contribution in [3.05, 3.63) is 30.0 Å². The summed E-state index contributed by atoms with van der Waals surface area (Å²) in [5, 5.41) is 6.18. The molecule has 0 fully saturated rings. The van der Waals surface area contributed by atoms with Crippen LogP contribution in [-0.2, 0) is 4.79 Å². The molecular formula is C15H19N3O3. The van der Waals surface area contributed by atoms with Crippen molar-refractivity contribution in [2.24, 2.45) is 0 Å². The van der Waals surface area contributed by atoms with Gasteiger partial charge in [-0.05, 0) is 30.7 Å². The number of furan rings is 1. The van der Waals surface area contributed by atoms with Crippen LogP contribution in [0.25, 0.3) is 11.0 Å². The fraction of sp³-hybridized carbons (Fsp3) is 0.333. The Kier molecular flexibility index (Phi) is 4.81. The molecule has 6 heteroatoms. The van der Waals surface area contributed by atoms with E-state index >= 15 is 0 Å². The fourth-order valence-electron chi connectivity index (χ4n) is 1.90. The number of benzene rings is 1. The quantitative estimate of drug-likeness (QED) is 0.704. The molecule has 0 atom stereocenters. The minimum atomic E-state index is -0.340. The van der Waals surface area contributed by atoms with Gasteiger partial charge in [-0.25, -0.2) is 0 Å². The normalized spacial score (nSPS) is 10.5. The molecule has 6 nitrogen and oxygen atoms in total. The molecule has 2 rings (SSSR count). The minimum Gasteiger partial charge on any atom is -0.451 e. The molecule has 0 bridgehead atoms. The molecule has 0 radical (unpaired) electrons. The summed E-state index contributed by atoms with van der Waals surface area (Å²) in [4.78, 5) is 23.3. The molecule has 4 N–H and O–H groups in total. The van der Waals surface area contributed by atoms with Gasteiger partial charge in [0.25, 0.3) is 5.91 Å². The van der Waals surface area contributed by atoms with E-state index in [2.05, 4.69) is 10.6 Å². The summed E-state index contributed by atoms with van der Waals surface area (Å²) in [6.45, 7) is 2.90. The molecule has 0 unspecified atom stereocenters. The lowest BCUT2D eigenvalue weighted by Crippen LogP contribution is -2.30. The van der Waals surface area contributed by atoms with Gasteiger partial charge in [0, 0.05) is 30.6 Å². The van der Waals surface area contributed by atoms with Crippen LogP contribution in [0.2, 0.25) is 0 Å². The third kappa shape index (κ3) is 3.98. The second kappa shape index (κ2) is 6.78. The van der Waals surface area contributed by atoms with Gasteiger partial charge in [-0.2, -0.15) is 0 Å². The summed E-state index contributed by atoms with van der Waals surface area (Å²) in [6.07, 6.45) is 1.14. The molecule has 0 saturated carbocycles. The average molecular weight is 289 g/mol. The van der Waals surface area contributed by atoms with Gasteiger partial charge in [0.1, 0.15) is 5.58 Å². The van der Waals surface area contributed by atoms with Crippen molar-refractivity contribution >= 4 is 28.5 Å². The summed E-state index contributed by atoms with van der Waals surface area (Å²) in [6, 6.07) is 6.82. The highest BCUT2D eigenvalue weighted by Gasteiger charge is 2.12. The van der Waals surface area contributed by atoms with Crippen LogP contribution in [0.1, 0.15) is 30.3 Å². The van der Waals surface area contributed by atoms with Crippen LogP contribution in [-0.4, -0.2) is 24.9 Å². The Morgan fingerprint density at radius 1 is 1.19 bits per heavy atom. The van der Waals surface area contributed by atoms with Crippen molar-refractivity contribution in [3.63, 3.8) is 0 Å². The van der Waals surface area contributed by atoms with E-state index in [1.54, 1.807) is 24.3 Å². The van der Waals surface area contributed by atoms with Gasteiger partial charge in [0.05, 0.1) is 0 Å². The number of carbonyl (C=O) groups is 2. The number of fused-ring (bicyclic) bond motifs is 1. The highest BCUT2D eigenvalue weighted by Crippen LogP contribution is 2.21. The average Bonchev–Trinajstić information content (AvgIpc) is 2.88. The molecule has 0 aliphatic heterocycles. The van der Waals surface area contributed by atoms with Gasteiger partial charge in [-0.1, -0.05) is 6.92 Å². The molecule has 2 amide bonds. The van der Waals surface area contributed by atoms with Crippen LogP contribution in [0.3, 0.4) is 0 Å². The van der Waals surface area contributed by atoms with E-state index in [0.717, 1.165) is 11.8 Å². The lowest BCUT2D eigenvalue weighted by molar-refractivity contribution is -0.120. The first-order chi connectivity index (χ1) is 10.1. The van der Waals surface area contributed by atoms with Crippen LogP contribution in [0.4, 0.5) is 5.69 Å². The van der Waals surface area contributed by atoms with Gasteiger partial charge in [0.15, 0.2) is 5.76 Å². The van der Waals surface area contributed by atoms with E-state index in [1.165, 1.54) is 0 Å². The van der Waals surface area contributed by atoms with Crippen molar-refractivity contribution < 1.29 is 14.0 Å². The number of carbonyl (C=O) groups excluding carboxylic acids is 2. The van der Waals surface area contributed by atoms with Crippen LogP contribution in [0, 0.1) is 0 Å². The Morgan fingerprint density at radius 3 is 2.76 bits per heavy atom. The minimum absolute atomic E-state index is 0.0745. The second-order valence-corrected chi connectivity index (χ2v) is 4.76. The van der Waals surface area contributed by atoms with E-state index in [0.29, 0.717) is 17.8 Å². The first-order valence-corrected chi connectivity index (χ1v) is 6.94. The Balaban J connectivity index is 1.89. The maximum Gasteiger partial charge on any atom is 0.287 e. The maximum atomic E-state index is 11.9. The van der Waals surface area contributed by atoms with E-state index in [9.17, 15) is 9.59 Å². The van der Waals surface area contributed by atoms with Gasteiger partial charge in [0.2, 0.25) is 5.91 Å². The topological polar surface area (TPSA) is 97.4 Å². The number of nitrogens with two attached hydrogens (primary N) is 1. The van der Waals surface area contributed by atoms with E-state index in [-0.39, 0.29) is 30.5 Å². The number of anilines is 1. The van der Waals surface area contributed by atoms with Gasteiger partial charge in [-0.15, -0.1) is 0 Å². The number of hydrogen-bond acceptors (Lipinski definition) is 4. The molecule has 1 aromatic heterocycles. The molecule has 0 spiro atoms. The summed E-state index contributed by atoms with van der Waals surface area (Å²) >= 11 is 0. The predicted octanol–water partition coefficient (Wildman–Crippen LogP) is 1.66. The standard InChI is InChI=1S/C15H19N3O3/c1-2-6-17-14(19)5-7-18-15(20)13-9-10-8-11(16)3-4-12(10)21-13/h3-4,8-9H,2,5-7,16H2,1H3,(H,17,19)(H,18,20). The maximum absolute atomic E-state index is 11.9. The molecule has 0 aliphatic rings. The van der Waals surface area contributed by atoms with Crippen LogP contribution >= 0.6 is 0 Å². The molecule has 0 aliphatic carbocycles. The van der Waals surface area contributed by atoms with Crippen LogP contribution in [0.5, 0.6) is 0 Å². The van der Waals surface area contributed by atoms with Crippen molar-refractivity contribution in [1.82, 2.24) is 10.6 Å². The zero-order valence-electron chi connectivity index (χ0n) is 11.9. The number of amides is 2. The first kappa shape index (κ1) is 14.9. The number of nitrogen functional groups attached to an aromatic ring is 1. The molecule has 1 aromatic carbocycles. The first-order valence-electron chi connectivity index (χ1n) is 6.94. The third-order valence-electron chi connectivity index (χ3n) is 2.97. The zero-order chi connectivity index (χ0) is 15.2. The Bertz CT molecular complexity index is 649. The lowest BCUT2D eigenvalue weighted by Gasteiger charge is -2.04. The van der Waals surface area contributed by atoms with Gasteiger partial charge >= 0.3 is 0 Å². The fourth-order valence-corrected chi connectivity index (χ4v) is 1.90. The Hall–Kier alpha value is -2.50. The summed E-state index contributed by atoms with van der Waals surface area (Å²) < 4.78 is 5.44. The monoisotopic (exact) mass is 289 g/mol. The molecule has 2 aromatic rings. The second-order valence-electron chi connectivity index (χ2n) is 4.76. The third-order valence-corrected chi connectivity index (χ3v) is 2.97. The van der Waals surface area contributed by atoms with E-state index in [1.807, 2.05) is 6.92 Å². The van der Waals surface area contributed by atoms with Gasteiger partial charge < -0.3 is 20.8 Å². The van der Waals surface area contributed by atoms with Crippen molar-refractivity contribution in [3.8, 4) is 0 Å². The number of nitrogens with one attached hydrogen (secondary N) is 2. The Labute approximate surface area is 122 Å². The molecule has 0 saturated heterocycles. The highest BCUT2D eigenvalue weighted by molar-refractivity contribution is 5.96. The predicted molar refractivity (Wildman–Crippen MR) is 80.9 cm³/mol. The zero-order valence-corrected chi connectivity index (χ0v) is 11.9. The summed E-state index contributed by atoms with van der Waals surface area (Å²) in [5.74, 6) is -0.202. The molecule has 21 heavy (non-hydrogen) atoms. The lowest BCUT2D eigenvalue weighted by atomic mass is 10.2. The smallest absolute Gasteiger partial charge is 0.287 e. The van der Waals surface area contributed by atoms with Crippen molar-refractivity contribution in [2.45, 2.75) is 19.8 Å². The van der Waals surface area contributed by atoms with Crippen molar-refractivity contribution in [2.75, 3.05) is 18.8 Å². The van der Waals surface area contributed by atoms with E-state index < -0.39 is 0 Å². The van der Waals surface area contributed by atoms with E-state index in [4.69, 9.17) is 10.2 Å². The highest BCUT2D eigenvalue weighted by atomic mass is 16.3. The van der Waals surface area contributed by atoms with Crippen molar-refractivity contribution in [1.29, 1.82) is 0 Å². The summed E-state index contributed by atoms with van der Waals surface area (Å²) in [5.41, 5.74) is 6.90. The van der Waals surface area contributed by atoms with Crippen LogP contribution < -0.4 is 16.4 Å². The summed E-state index contributed by atoms with van der Waals surface area (Å²) in [7, 11) is 0. The number of rotatable bonds is 6. The Morgan fingerprint density at radius 2 is 2.00 bits per heavy atom. The number of hydrogen-bond donors (Lipinski definition) is 3.